The minimum atomic E-state index is -0.421. The van der Waals surface area contributed by atoms with Crippen LogP contribution in [0.2, 0.25) is 0 Å². The smallest absolute Gasteiger partial charge is 0.434 e. The molecule has 4 rings (SSSR count). The lowest BCUT2D eigenvalue weighted by Gasteiger charge is -2.61. The van der Waals surface area contributed by atoms with E-state index in [1.165, 1.54) is 83.5 Å². The van der Waals surface area contributed by atoms with Crippen molar-refractivity contribution in [1.82, 2.24) is 0 Å². The van der Waals surface area contributed by atoms with Crippen LogP contribution < -0.4 is 0 Å². The van der Waals surface area contributed by atoms with E-state index in [0.29, 0.717) is 23.4 Å². The van der Waals surface area contributed by atoms with Gasteiger partial charge in [-0.2, -0.15) is 0 Å². The van der Waals surface area contributed by atoms with Crippen LogP contribution in [0, 0.1) is 52.3 Å². The molecular formula is C35H62O3. The summed E-state index contributed by atoms with van der Waals surface area (Å²) in [6.45, 7) is 15.4. The molecule has 0 radical (unpaired) electrons. The fourth-order valence-electron chi connectivity index (χ4n) is 10.4. The van der Waals surface area contributed by atoms with Gasteiger partial charge in [-0.05, 0) is 116 Å². The van der Waals surface area contributed by atoms with Gasteiger partial charge < -0.3 is 9.47 Å². The van der Waals surface area contributed by atoms with Crippen LogP contribution in [0.1, 0.15) is 151 Å². The second-order valence-electron chi connectivity index (χ2n) is 15.2. The lowest BCUT2D eigenvalue weighted by atomic mass is 9.44. The number of fused-ring (bicyclic) bond motifs is 5. The van der Waals surface area contributed by atoms with Gasteiger partial charge in [-0.15, -0.1) is 0 Å². The van der Waals surface area contributed by atoms with Gasteiger partial charge in [-0.25, -0.2) is 4.79 Å². The molecule has 0 bridgehead atoms. The molecule has 9 atom stereocenters. The van der Waals surface area contributed by atoms with E-state index in [1.807, 2.05) is 0 Å². The second kappa shape index (κ2) is 13.3. The lowest BCUT2D eigenvalue weighted by molar-refractivity contribution is -0.132. The number of carbonyl (C=O) groups is 1. The standard InChI is InChI=1S/C35H62O3/c1-7-8-9-10-11-23-37-33(36)38-28-19-21-34(5)27(24-28)15-16-29-31-18-17-30(26(4)14-12-13-25(2)3)35(31,6)22-20-32(29)34/h25-32H,7-24H2,1-6H3/t26-,27-,28-,29-,30+,31-,32-,34-,35+/m0/s1. The van der Waals surface area contributed by atoms with E-state index < -0.39 is 6.16 Å². The van der Waals surface area contributed by atoms with Gasteiger partial charge in [0.05, 0.1) is 6.61 Å². The van der Waals surface area contributed by atoms with Crippen molar-refractivity contribution < 1.29 is 14.3 Å². The topological polar surface area (TPSA) is 35.5 Å². The van der Waals surface area contributed by atoms with Crippen LogP contribution in [0.25, 0.3) is 0 Å². The largest absolute Gasteiger partial charge is 0.508 e. The zero-order valence-electron chi connectivity index (χ0n) is 26.1. The molecular weight excluding hydrogens is 468 g/mol. The predicted octanol–water partition coefficient (Wildman–Crippen LogP) is 10.6. The quantitative estimate of drug-likeness (QED) is 0.186. The minimum absolute atomic E-state index is 0.0635. The van der Waals surface area contributed by atoms with E-state index in [4.69, 9.17) is 9.47 Å². The molecule has 0 spiro atoms. The average molecular weight is 531 g/mol. The predicted molar refractivity (Wildman–Crippen MR) is 158 cm³/mol. The van der Waals surface area contributed by atoms with E-state index in [2.05, 4.69) is 41.5 Å². The summed E-state index contributed by atoms with van der Waals surface area (Å²) >= 11 is 0. The first-order valence-electron chi connectivity index (χ1n) is 17.0. The van der Waals surface area contributed by atoms with Crippen molar-refractivity contribution in [3.05, 3.63) is 0 Å². The number of unbranched alkanes of at least 4 members (excludes halogenated alkanes) is 4. The minimum Gasteiger partial charge on any atom is -0.434 e. The van der Waals surface area contributed by atoms with Crippen LogP contribution >= 0.6 is 0 Å². The molecule has 0 aliphatic heterocycles. The normalized spacial score (nSPS) is 39.2. The van der Waals surface area contributed by atoms with Crippen molar-refractivity contribution in [3.63, 3.8) is 0 Å². The van der Waals surface area contributed by atoms with Gasteiger partial charge in [-0.3, -0.25) is 0 Å². The highest BCUT2D eigenvalue weighted by atomic mass is 16.7. The zero-order chi connectivity index (χ0) is 27.3. The molecule has 0 heterocycles. The molecule has 4 aliphatic carbocycles. The van der Waals surface area contributed by atoms with E-state index in [9.17, 15) is 4.79 Å². The van der Waals surface area contributed by atoms with Crippen molar-refractivity contribution in [2.24, 2.45) is 52.3 Å². The lowest BCUT2D eigenvalue weighted by Crippen LogP contribution is -2.54. The van der Waals surface area contributed by atoms with Gasteiger partial charge in [0.25, 0.3) is 0 Å². The maximum Gasteiger partial charge on any atom is 0.508 e. The van der Waals surface area contributed by atoms with Crippen LogP contribution in [0.3, 0.4) is 0 Å². The first-order chi connectivity index (χ1) is 18.2. The van der Waals surface area contributed by atoms with E-state index in [-0.39, 0.29) is 6.10 Å². The Balaban J connectivity index is 1.28. The molecule has 4 saturated carbocycles. The summed E-state index contributed by atoms with van der Waals surface area (Å²) in [6, 6.07) is 0. The Morgan fingerprint density at radius 3 is 2.32 bits per heavy atom. The molecule has 220 valence electrons. The summed E-state index contributed by atoms with van der Waals surface area (Å²) < 4.78 is 11.3. The third-order valence-electron chi connectivity index (χ3n) is 12.5. The van der Waals surface area contributed by atoms with E-state index in [1.54, 1.807) is 0 Å². The molecule has 0 aromatic heterocycles. The summed E-state index contributed by atoms with van der Waals surface area (Å²) in [5.74, 6) is 6.12. The first kappa shape index (κ1) is 30.2. The third kappa shape index (κ3) is 6.59. The summed E-state index contributed by atoms with van der Waals surface area (Å²) in [6.07, 6.45) is 21.6. The number of hydrogen-bond acceptors (Lipinski definition) is 3. The Morgan fingerprint density at radius 1 is 0.816 bits per heavy atom. The van der Waals surface area contributed by atoms with Gasteiger partial charge in [0.2, 0.25) is 0 Å². The highest BCUT2D eigenvalue weighted by Gasteiger charge is 2.60. The first-order valence-corrected chi connectivity index (χ1v) is 17.0. The highest BCUT2D eigenvalue weighted by Crippen LogP contribution is 2.68. The third-order valence-corrected chi connectivity index (χ3v) is 12.5. The number of carbonyl (C=O) groups excluding carboxylic acids is 1. The Kier molecular flexibility index (Phi) is 10.6. The van der Waals surface area contributed by atoms with Crippen molar-refractivity contribution in [1.29, 1.82) is 0 Å². The molecule has 0 saturated heterocycles. The summed E-state index contributed by atoms with van der Waals surface area (Å²) in [4.78, 5) is 12.4. The zero-order valence-corrected chi connectivity index (χ0v) is 26.1. The fraction of sp³-hybridized carbons (Fsp3) is 0.971. The molecule has 0 amide bonds. The second-order valence-corrected chi connectivity index (χ2v) is 15.2. The molecule has 4 fully saturated rings. The molecule has 3 heteroatoms. The number of hydrogen-bond donors (Lipinski definition) is 0. The number of rotatable bonds is 12. The molecule has 3 nitrogen and oxygen atoms in total. The van der Waals surface area contributed by atoms with Gasteiger partial charge in [0, 0.05) is 0 Å². The van der Waals surface area contributed by atoms with Crippen molar-refractivity contribution in [2.75, 3.05) is 6.61 Å². The average Bonchev–Trinajstić information content (AvgIpc) is 3.23. The van der Waals surface area contributed by atoms with Crippen LogP contribution in [0.15, 0.2) is 0 Å². The van der Waals surface area contributed by atoms with Crippen molar-refractivity contribution in [2.45, 2.75) is 157 Å². The monoisotopic (exact) mass is 530 g/mol. The Hall–Kier alpha value is -0.730. The van der Waals surface area contributed by atoms with Crippen LogP contribution in [-0.2, 0) is 9.47 Å². The van der Waals surface area contributed by atoms with E-state index >= 15 is 0 Å². The van der Waals surface area contributed by atoms with Gasteiger partial charge in [0.1, 0.15) is 6.10 Å². The summed E-state index contributed by atoms with van der Waals surface area (Å²) in [5, 5.41) is 0. The molecule has 4 aliphatic rings. The summed E-state index contributed by atoms with van der Waals surface area (Å²) in [7, 11) is 0. The van der Waals surface area contributed by atoms with Crippen LogP contribution in [-0.4, -0.2) is 18.9 Å². The maximum atomic E-state index is 12.4. The van der Waals surface area contributed by atoms with Gasteiger partial charge >= 0.3 is 6.16 Å². The van der Waals surface area contributed by atoms with Crippen molar-refractivity contribution >= 4 is 6.16 Å². The van der Waals surface area contributed by atoms with Crippen LogP contribution in [0.4, 0.5) is 4.79 Å². The maximum absolute atomic E-state index is 12.4. The van der Waals surface area contributed by atoms with Gasteiger partial charge in [0.15, 0.2) is 0 Å². The van der Waals surface area contributed by atoms with Gasteiger partial charge in [-0.1, -0.05) is 86.5 Å². The molecule has 0 aromatic carbocycles. The fourth-order valence-corrected chi connectivity index (χ4v) is 10.4. The Labute approximate surface area is 236 Å². The highest BCUT2D eigenvalue weighted by molar-refractivity contribution is 5.60. The SMILES string of the molecule is CCCCCCCOC(=O)O[C@H]1CC[C@@]2(C)[C@@H](CC[C@@H]3[C@@H]2CC[C@]2(C)[C@@H]([C@@H](C)CCCC(C)C)CC[C@@H]32)C1. The summed E-state index contributed by atoms with van der Waals surface area (Å²) in [5.41, 5.74) is 1.01. The Bertz CT molecular complexity index is 747. The Morgan fingerprint density at radius 2 is 1.55 bits per heavy atom. The van der Waals surface area contributed by atoms with Crippen molar-refractivity contribution in [3.8, 4) is 0 Å². The molecule has 0 N–H and O–H groups in total. The van der Waals surface area contributed by atoms with E-state index in [0.717, 1.165) is 61.2 Å². The molecule has 0 aromatic rings. The molecule has 38 heavy (non-hydrogen) atoms. The van der Waals surface area contributed by atoms with Crippen LogP contribution in [0.5, 0.6) is 0 Å². The number of ether oxygens (including phenoxy) is 2. The molecule has 0 unspecified atom stereocenters.